The quantitative estimate of drug-likeness (QED) is 0.841. The molecule has 6 nitrogen and oxygen atoms in total. The zero-order chi connectivity index (χ0) is 17.9. The highest BCUT2D eigenvalue weighted by atomic mass is 19.4. The lowest BCUT2D eigenvalue weighted by Gasteiger charge is -2.33. The van der Waals surface area contributed by atoms with E-state index in [1.54, 1.807) is 4.90 Å². The first-order valence-corrected chi connectivity index (χ1v) is 7.76. The predicted octanol–water partition coefficient (Wildman–Crippen LogP) is 2.95. The van der Waals surface area contributed by atoms with Gasteiger partial charge in [0, 0.05) is 12.7 Å². The first-order chi connectivity index (χ1) is 12.0. The molecule has 0 N–H and O–H groups in total. The molecule has 1 atom stereocenters. The van der Waals surface area contributed by atoms with Crippen molar-refractivity contribution >= 4 is 5.82 Å². The molecule has 3 heterocycles. The van der Waals surface area contributed by atoms with Crippen molar-refractivity contribution in [2.24, 2.45) is 0 Å². The van der Waals surface area contributed by atoms with Gasteiger partial charge in [0.1, 0.15) is 11.9 Å². The van der Waals surface area contributed by atoms with Crippen LogP contribution in [-0.2, 0) is 6.18 Å². The molecule has 0 amide bonds. The first kappa shape index (κ1) is 17.2. The van der Waals surface area contributed by atoms with Crippen LogP contribution in [0.5, 0.6) is 11.8 Å². The molecular weight excluding hydrogens is 337 g/mol. The Morgan fingerprint density at radius 1 is 1.20 bits per heavy atom. The molecule has 0 aromatic carbocycles. The topological polar surface area (TPSA) is 60.4 Å². The van der Waals surface area contributed by atoms with Crippen LogP contribution in [0.3, 0.4) is 0 Å². The van der Waals surface area contributed by atoms with Crippen LogP contribution in [0.1, 0.15) is 18.4 Å². The van der Waals surface area contributed by atoms with Gasteiger partial charge in [0.15, 0.2) is 5.75 Å². The fraction of sp³-hybridized carbons (Fsp3) is 0.438. The summed E-state index contributed by atoms with van der Waals surface area (Å²) in [4.78, 5) is 13.9. The highest BCUT2D eigenvalue weighted by Gasteiger charge is 2.32. The molecule has 1 fully saturated rings. The number of nitrogens with zero attached hydrogens (tertiary/aromatic N) is 4. The molecule has 134 valence electrons. The van der Waals surface area contributed by atoms with E-state index in [1.807, 2.05) is 0 Å². The third-order valence-corrected chi connectivity index (χ3v) is 3.89. The second-order valence-corrected chi connectivity index (χ2v) is 5.63. The molecule has 1 aliphatic heterocycles. The fourth-order valence-corrected chi connectivity index (χ4v) is 2.63. The van der Waals surface area contributed by atoms with Gasteiger partial charge in [0.25, 0.3) is 0 Å². The summed E-state index contributed by atoms with van der Waals surface area (Å²) in [5.41, 5.74) is -0.709. The van der Waals surface area contributed by atoms with Crippen LogP contribution in [0.25, 0.3) is 0 Å². The minimum absolute atomic E-state index is 0.213. The molecule has 3 rings (SSSR count). The molecule has 0 aliphatic carbocycles. The lowest BCUT2D eigenvalue weighted by molar-refractivity contribution is -0.137. The molecule has 0 spiro atoms. The highest BCUT2D eigenvalue weighted by Crippen LogP contribution is 2.31. The summed E-state index contributed by atoms with van der Waals surface area (Å²) in [5.74, 6) is 0.810. The van der Waals surface area contributed by atoms with Crippen molar-refractivity contribution in [3.8, 4) is 11.8 Å². The predicted molar refractivity (Wildman–Crippen MR) is 83.7 cm³/mol. The lowest BCUT2D eigenvalue weighted by atomic mass is 10.1. The maximum absolute atomic E-state index is 12.9. The fourth-order valence-electron chi connectivity index (χ4n) is 2.63. The lowest BCUT2D eigenvalue weighted by Crippen LogP contribution is -2.41. The van der Waals surface area contributed by atoms with E-state index in [4.69, 9.17) is 9.47 Å². The van der Waals surface area contributed by atoms with Gasteiger partial charge in [-0.2, -0.15) is 23.1 Å². The first-order valence-electron chi connectivity index (χ1n) is 7.76. The van der Waals surface area contributed by atoms with Crippen molar-refractivity contribution in [1.82, 2.24) is 15.0 Å². The normalized spacial score (nSPS) is 18.1. The average molecular weight is 354 g/mol. The van der Waals surface area contributed by atoms with Gasteiger partial charge in [-0.05, 0) is 25.0 Å². The Hall–Kier alpha value is -2.58. The molecule has 2 aromatic heterocycles. The summed E-state index contributed by atoms with van der Waals surface area (Å²) < 4.78 is 49.3. The Kier molecular flexibility index (Phi) is 4.91. The van der Waals surface area contributed by atoms with Crippen molar-refractivity contribution in [3.05, 3.63) is 36.3 Å². The number of hydrogen-bond donors (Lipinski definition) is 0. The summed E-state index contributed by atoms with van der Waals surface area (Å²) in [5, 5.41) is 0. The summed E-state index contributed by atoms with van der Waals surface area (Å²) in [7, 11) is 1.51. The minimum Gasteiger partial charge on any atom is -0.494 e. The van der Waals surface area contributed by atoms with Gasteiger partial charge >= 0.3 is 12.2 Å². The summed E-state index contributed by atoms with van der Waals surface area (Å²) in [6.45, 7) is 1.04. The average Bonchev–Trinajstić information content (AvgIpc) is 2.62. The van der Waals surface area contributed by atoms with E-state index in [1.165, 1.54) is 25.7 Å². The number of ether oxygens (including phenoxy) is 2. The largest absolute Gasteiger partial charge is 0.494 e. The zero-order valence-electron chi connectivity index (χ0n) is 13.5. The molecular formula is C16H17F3N4O2. The number of anilines is 1. The van der Waals surface area contributed by atoms with E-state index < -0.39 is 11.7 Å². The Balaban J connectivity index is 1.68. The van der Waals surface area contributed by atoms with E-state index in [9.17, 15) is 13.2 Å². The van der Waals surface area contributed by atoms with Crippen LogP contribution in [0.15, 0.2) is 30.7 Å². The van der Waals surface area contributed by atoms with Crippen LogP contribution in [0.2, 0.25) is 0 Å². The van der Waals surface area contributed by atoms with Crippen molar-refractivity contribution in [2.45, 2.75) is 25.1 Å². The van der Waals surface area contributed by atoms with E-state index in [0.29, 0.717) is 24.7 Å². The van der Waals surface area contributed by atoms with E-state index in [2.05, 4.69) is 15.0 Å². The molecule has 9 heteroatoms. The summed E-state index contributed by atoms with van der Waals surface area (Å²) in [6.07, 6.45) is 1.10. The molecule has 1 saturated heterocycles. The van der Waals surface area contributed by atoms with Gasteiger partial charge in [-0.15, -0.1) is 0 Å². The summed E-state index contributed by atoms with van der Waals surface area (Å²) in [6, 6.07) is 2.24. The third-order valence-electron chi connectivity index (χ3n) is 3.89. The van der Waals surface area contributed by atoms with Crippen molar-refractivity contribution in [2.75, 3.05) is 25.1 Å². The molecule has 1 aliphatic rings. The monoisotopic (exact) mass is 354 g/mol. The Morgan fingerprint density at radius 2 is 1.96 bits per heavy atom. The number of pyridine rings is 1. The van der Waals surface area contributed by atoms with Crippen molar-refractivity contribution < 1.29 is 22.6 Å². The van der Waals surface area contributed by atoms with Crippen molar-refractivity contribution in [3.63, 3.8) is 0 Å². The minimum atomic E-state index is -4.39. The standard InChI is InChI=1S/C16H17F3N4O2/c1-24-13-8-21-15(22-9-13)25-12-3-2-6-23(10-12)14-7-11(4-5-20-14)16(17,18)19/h4-5,7-9,12H,2-3,6,10H2,1H3. The molecule has 2 aromatic rings. The number of hydrogen-bond acceptors (Lipinski definition) is 6. The second-order valence-electron chi connectivity index (χ2n) is 5.63. The van der Waals surface area contributed by atoms with Gasteiger partial charge < -0.3 is 14.4 Å². The molecule has 0 bridgehead atoms. The number of halogens is 3. The van der Waals surface area contributed by atoms with E-state index >= 15 is 0 Å². The second kappa shape index (κ2) is 7.12. The molecule has 1 unspecified atom stereocenters. The number of piperidine rings is 1. The van der Waals surface area contributed by atoms with Crippen LogP contribution in [0, 0.1) is 0 Å². The van der Waals surface area contributed by atoms with E-state index in [0.717, 1.165) is 25.0 Å². The van der Waals surface area contributed by atoms with Gasteiger partial charge in [0.05, 0.1) is 31.6 Å². The van der Waals surface area contributed by atoms with Gasteiger partial charge in [-0.3, -0.25) is 0 Å². The number of rotatable bonds is 4. The summed E-state index contributed by atoms with van der Waals surface area (Å²) >= 11 is 0. The number of aromatic nitrogens is 3. The SMILES string of the molecule is COc1cnc(OC2CCCN(c3cc(C(F)(F)F)ccn3)C2)nc1. The number of methoxy groups -OCH3 is 1. The third kappa shape index (κ3) is 4.28. The Bertz CT molecular complexity index is 709. The highest BCUT2D eigenvalue weighted by molar-refractivity contribution is 5.42. The zero-order valence-corrected chi connectivity index (χ0v) is 13.5. The van der Waals surface area contributed by atoms with Gasteiger partial charge in [-0.25, -0.2) is 4.98 Å². The number of alkyl halides is 3. The Labute approximate surface area is 142 Å². The van der Waals surface area contributed by atoms with Crippen molar-refractivity contribution in [1.29, 1.82) is 0 Å². The maximum Gasteiger partial charge on any atom is 0.416 e. The smallest absolute Gasteiger partial charge is 0.416 e. The molecule has 25 heavy (non-hydrogen) atoms. The van der Waals surface area contributed by atoms with Gasteiger partial charge in [0.2, 0.25) is 0 Å². The van der Waals surface area contributed by atoms with E-state index in [-0.39, 0.29) is 12.1 Å². The van der Waals surface area contributed by atoms with Crippen LogP contribution in [0.4, 0.5) is 19.0 Å². The molecule has 0 radical (unpaired) electrons. The molecule has 0 saturated carbocycles. The van der Waals surface area contributed by atoms with Gasteiger partial charge in [-0.1, -0.05) is 0 Å². The van der Waals surface area contributed by atoms with Crippen LogP contribution >= 0.6 is 0 Å². The Morgan fingerprint density at radius 3 is 2.64 bits per heavy atom. The maximum atomic E-state index is 12.9. The van der Waals surface area contributed by atoms with Crippen LogP contribution in [-0.4, -0.2) is 41.3 Å². The van der Waals surface area contributed by atoms with Crippen LogP contribution < -0.4 is 14.4 Å².